The molecule has 102 valence electrons. The first-order chi connectivity index (χ1) is 9.74. The number of benzene rings is 1. The Balaban J connectivity index is 2.22. The van der Waals surface area contributed by atoms with Gasteiger partial charge in [0.1, 0.15) is 29.0 Å². The van der Waals surface area contributed by atoms with Crippen LogP contribution >= 0.6 is 0 Å². The van der Waals surface area contributed by atoms with Gasteiger partial charge >= 0.3 is 0 Å². The summed E-state index contributed by atoms with van der Waals surface area (Å²) in [5.41, 5.74) is 3.45. The van der Waals surface area contributed by atoms with Gasteiger partial charge in [-0.1, -0.05) is 11.6 Å². The maximum atomic E-state index is 9.51. The van der Waals surface area contributed by atoms with Crippen LogP contribution in [0.25, 0.3) is 11.3 Å². The number of fused-ring (bicyclic) bond motifs is 1. The van der Waals surface area contributed by atoms with E-state index < -0.39 is 0 Å². The number of nitriles is 1. The Labute approximate surface area is 118 Å². The lowest BCUT2D eigenvalue weighted by molar-refractivity contribution is 0.416. The summed E-state index contributed by atoms with van der Waals surface area (Å²) in [6, 6.07) is 8.29. The van der Waals surface area contributed by atoms with Gasteiger partial charge in [0.25, 0.3) is 0 Å². The van der Waals surface area contributed by atoms with Crippen molar-refractivity contribution in [3.05, 3.63) is 35.3 Å². The molecule has 0 spiro atoms. The van der Waals surface area contributed by atoms with Gasteiger partial charge in [-0.3, -0.25) is 0 Å². The van der Waals surface area contributed by atoms with Crippen molar-refractivity contribution in [3.63, 3.8) is 0 Å². The molecule has 0 aliphatic carbocycles. The number of ether oxygens (including phenoxy) is 1. The van der Waals surface area contributed by atoms with E-state index in [0.717, 1.165) is 54.2 Å². The molecule has 0 unspecified atom stereocenters. The molecule has 2 heterocycles. The highest BCUT2D eigenvalue weighted by Gasteiger charge is 2.22. The minimum atomic E-state index is 0.656. The summed E-state index contributed by atoms with van der Waals surface area (Å²) in [6.45, 7) is 2.92. The van der Waals surface area contributed by atoms with Gasteiger partial charge in [0.05, 0.1) is 7.11 Å². The highest BCUT2D eigenvalue weighted by atomic mass is 16.5. The Morgan fingerprint density at radius 1 is 1.35 bits per heavy atom. The topological polar surface area (TPSA) is 50.8 Å². The molecule has 20 heavy (non-hydrogen) atoms. The van der Waals surface area contributed by atoms with Crippen LogP contribution < -0.4 is 4.74 Å². The van der Waals surface area contributed by atoms with Crippen LogP contribution in [0.15, 0.2) is 18.2 Å². The van der Waals surface area contributed by atoms with E-state index in [1.165, 1.54) is 0 Å². The minimum absolute atomic E-state index is 0.656. The fraction of sp³-hybridized carbons (Fsp3) is 0.375. The Kier molecular flexibility index (Phi) is 3.19. The molecular weight excluding hydrogens is 250 g/mol. The molecule has 1 aliphatic rings. The highest BCUT2D eigenvalue weighted by Crippen LogP contribution is 2.34. The van der Waals surface area contributed by atoms with E-state index in [-0.39, 0.29) is 0 Å². The van der Waals surface area contributed by atoms with Gasteiger partial charge in [0, 0.05) is 18.5 Å². The number of hydrogen-bond acceptors (Lipinski definition) is 3. The molecule has 0 amide bonds. The molecule has 0 atom stereocenters. The third-order valence-electron chi connectivity index (χ3n) is 3.79. The Bertz CT molecular complexity index is 694. The first-order valence-corrected chi connectivity index (χ1v) is 6.89. The maximum Gasteiger partial charge on any atom is 0.148 e. The average molecular weight is 267 g/mol. The van der Waals surface area contributed by atoms with E-state index in [4.69, 9.17) is 9.72 Å². The van der Waals surface area contributed by atoms with Crippen LogP contribution in [0.5, 0.6) is 5.75 Å². The number of rotatable bonds is 2. The zero-order chi connectivity index (χ0) is 14.1. The van der Waals surface area contributed by atoms with Crippen LogP contribution in [0, 0.1) is 18.3 Å². The third-order valence-corrected chi connectivity index (χ3v) is 3.79. The van der Waals surface area contributed by atoms with Crippen molar-refractivity contribution in [3.8, 4) is 23.1 Å². The summed E-state index contributed by atoms with van der Waals surface area (Å²) in [4.78, 5) is 4.70. The van der Waals surface area contributed by atoms with Crippen molar-refractivity contribution >= 4 is 0 Å². The van der Waals surface area contributed by atoms with E-state index >= 15 is 0 Å². The van der Waals surface area contributed by atoms with E-state index in [9.17, 15) is 5.26 Å². The predicted octanol–water partition coefficient (Wildman–Crippen LogP) is 3.08. The number of nitrogens with zero attached hydrogens (tertiary/aromatic N) is 3. The Hall–Kier alpha value is -2.28. The van der Waals surface area contributed by atoms with Gasteiger partial charge in [0.2, 0.25) is 0 Å². The Morgan fingerprint density at radius 3 is 2.95 bits per heavy atom. The van der Waals surface area contributed by atoms with Gasteiger partial charge in [0.15, 0.2) is 0 Å². The van der Waals surface area contributed by atoms with Gasteiger partial charge in [-0.2, -0.15) is 5.26 Å². The van der Waals surface area contributed by atoms with Gasteiger partial charge < -0.3 is 9.30 Å². The molecule has 0 radical (unpaired) electrons. The summed E-state index contributed by atoms with van der Waals surface area (Å²) in [6.07, 6.45) is 3.21. The third kappa shape index (κ3) is 1.96. The summed E-state index contributed by atoms with van der Waals surface area (Å²) in [5.74, 6) is 1.79. The average Bonchev–Trinajstić information content (AvgIpc) is 2.85. The molecule has 1 aromatic heterocycles. The number of hydrogen-bond donors (Lipinski definition) is 0. The highest BCUT2D eigenvalue weighted by molar-refractivity contribution is 5.72. The largest absolute Gasteiger partial charge is 0.496 e. The molecule has 1 aromatic carbocycles. The molecule has 0 saturated heterocycles. The van der Waals surface area contributed by atoms with E-state index in [1.807, 2.05) is 25.1 Å². The number of methoxy groups -OCH3 is 1. The van der Waals surface area contributed by atoms with Crippen molar-refractivity contribution < 1.29 is 4.74 Å². The molecule has 4 heteroatoms. The molecule has 2 aromatic rings. The maximum absolute atomic E-state index is 9.51. The standard InChI is InChI=1S/C16H17N3O/c1-11-6-7-14(20-2)12(9-11)16-13(10-17)19-8-4-3-5-15(19)18-16/h6-7,9H,3-5,8H2,1-2H3. The molecule has 0 N–H and O–H groups in total. The molecule has 3 rings (SSSR count). The zero-order valence-electron chi connectivity index (χ0n) is 11.8. The molecule has 0 fully saturated rings. The number of aromatic nitrogens is 2. The lowest BCUT2D eigenvalue weighted by Crippen LogP contribution is -2.11. The second-order valence-corrected chi connectivity index (χ2v) is 5.15. The lowest BCUT2D eigenvalue weighted by Gasteiger charge is -2.13. The molecular formula is C16H17N3O. The second kappa shape index (κ2) is 5.01. The van der Waals surface area contributed by atoms with Gasteiger partial charge in [-0.25, -0.2) is 4.98 Å². The van der Waals surface area contributed by atoms with Crippen LogP contribution in [-0.2, 0) is 13.0 Å². The molecule has 4 nitrogen and oxygen atoms in total. The summed E-state index contributed by atoms with van der Waals surface area (Å²) < 4.78 is 7.48. The Morgan fingerprint density at radius 2 is 2.20 bits per heavy atom. The molecule has 0 bridgehead atoms. The zero-order valence-corrected chi connectivity index (χ0v) is 11.8. The fourth-order valence-electron chi connectivity index (χ4n) is 2.79. The second-order valence-electron chi connectivity index (χ2n) is 5.15. The van der Waals surface area contributed by atoms with E-state index in [2.05, 4.69) is 10.6 Å². The van der Waals surface area contributed by atoms with Gasteiger partial charge in [-0.05, 0) is 31.9 Å². The quantitative estimate of drug-likeness (QED) is 0.840. The minimum Gasteiger partial charge on any atom is -0.496 e. The summed E-state index contributed by atoms with van der Waals surface area (Å²) >= 11 is 0. The SMILES string of the molecule is COc1ccc(C)cc1-c1nc2n(c1C#N)CCCC2. The molecule has 1 aliphatic heterocycles. The van der Waals surface area contributed by atoms with Crippen molar-refractivity contribution in [1.82, 2.24) is 9.55 Å². The smallest absolute Gasteiger partial charge is 0.148 e. The number of aryl methyl sites for hydroxylation is 2. The van der Waals surface area contributed by atoms with Crippen LogP contribution in [0.4, 0.5) is 0 Å². The fourth-order valence-corrected chi connectivity index (χ4v) is 2.79. The predicted molar refractivity (Wildman–Crippen MR) is 76.6 cm³/mol. The van der Waals surface area contributed by atoms with E-state index in [0.29, 0.717) is 5.69 Å². The normalized spacial score (nSPS) is 13.7. The van der Waals surface area contributed by atoms with Crippen LogP contribution in [-0.4, -0.2) is 16.7 Å². The number of imidazole rings is 1. The first-order valence-electron chi connectivity index (χ1n) is 6.89. The van der Waals surface area contributed by atoms with Crippen molar-refractivity contribution in [1.29, 1.82) is 5.26 Å². The lowest BCUT2D eigenvalue weighted by atomic mass is 10.1. The van der Waals surface area contributed by atoms with Crippen molar-refractivity contribution in [2.24, 2.45) is 0 Å². The van der Waals surface area contributed by atoms with Crippen LogP contribution in [0.3, 0.4) is 0 Å². The van der Waals surface area contributed by atoms with Crippen LogP contribution in [0.2, 0.25) is 0 Å². The molecule has 0 saturated carbocycles. The first kappa shape index (κ1) is 12.7. The van der Waals surface area contributed by atoms with Crippen molar-refractivity contribution in [2.75, 3.05) is 7.11 Å². The van der Waals surface area contributed by atoms with E-state index in [1.54, 1.807) is 7.11 Å². The monoisotopic (exact) mass is 267 g/mol. The van der Waals surface area contributed by atoms with Crippen LogP contribution in [0.1, 0.15) is 29.9 Å². The summed E-state index contributed by atoms with van der Waals surface area (Å²) in [7, 11) is 1.65. The van der Waals surface area contributed by atoms with Gasteiger partial charge in [-0.15, -0.1) is 0 Å². The van der Waals surface area contributed by atoms with Crippen molar-refractivity contribution in [2.45, 2.75) is 32.7 Å². The summed E-state index contributed by atoms with van der Waals surface area (Å²) in [5, 5.41) is 9.51.